The molecule has 3 heteroatoms. The van der Waals surface area contributed by atoms with Crippen LogP contribution in [0.2, 0.25) is 0 Å². The van der Waals surface area contributed by atoms with E-state index in [-0.39, 0.29) is 0 Å². The molecule has 0 spiro atoms. The summed E-state index contributed by atoms with van der Waals surface area (Å²) in [5.74, 6) is 1.67. The van der Waals surface area contributed by atoms with Gasteiger partial charge in [-0.15, -0.1) is 0 Å². The van der Waals surface area contributed by atoms with E-state index >= 15 is 0 Å². The van der Waals surface area contributed by atoms with Crippen molar-refractivity contribution in [3.63, 3.8) is 0 Å². The van der Waals surface area contributed by atoms with Crippen molar-refractivity contribution in [1.82, 2.24) is 5.32 Å². The van der Waals surface area contributed by atoms with Crippen LogP contribution in [0.4, 0.5) is 0 Å². The Kier molecular flexibility index (Phi) is 6.52. The van der Waals surface area contributed by atoms with Gasteiger partial charge in [0, 0.05) is 24.8 Å². The molecule has 0 saturated heterocycles. The smallest absolute Gasteiger partial charge is 0.124 e. The molecule has 0 bridgehead atoms. The van der Waals surface area contributed by atoms with Crippen molar-refractivity contribution in [1.29, 1.82) is 0 Å². The Balaban J connectivity index is 1.81. The van der Waals surface area contributed by atoms with Crippen LogP contribution in [0.15, 0.2) is 18.2 Å². The van der Waals surface area contributed by atoms with Crippen LogP contribution in [0.3, 0.4) is 0 Å². The Morgan fingerprint density at radius 2 is 2.10 bits per heavy atom. The first-order valence-corrected chi connectivity index (χ1v) is 8.16. The van der Waals surface area contributed by atoms with Gasteiger partial charge < -0.3 is 14.8 Å². The quantitative estimate of drug-likeness (QED) is 0.663. The topological polar surface area (TPSA) is 30.5 Å². The normalized spacial score (nSPS) is 14.7. The van der Waals surface area contributed by atoms with Gasteiger partial charge in [0.05, 0.1) is 13.7 Å². The number of methoxy groups -OCH3 is 1. The average molecular weight is 291 g/mol. The standard InChI is InChI=1S/C18H29NO2/c1-14(2)5-4-10-21-13-16-11-15(6-9-18(16)20-3)12-19-17-7-8-17/h6,9,11,14,17,19H,4-5,7-8,10,12-13H2,1-3H3. The van der Waals surface area contributed by atoms with Crippen molar-refractivity contribution in [3.8, 4) is 5.75 Å². The summed E-state index contributed by atoms with van der Waals surface area (Å²) in [6, 6.07) is 7.13. The van der Waals surface area contributed by atoms with Crippen LogP contribution in [-0.2, 0) is 17.9 Å². The monoisotopic (exact) mass is 291 g/mol. The molecular formula is C18H29NO2. The lowest BCUT2D eigenvalue weighted by Gasteiger charge is -2.12. The summed E-state index contributed by atoms with van der Waals surface area (Å²) in [6.45, 7) is 6.90. The number of hydrogen-bond donors (Lipinski definition) is 1. The highest BCUT2D eigenvalue weighted by atomic mass is 16.5. The lowest BCUT2D eigenvalue weighted by molar-refractivity contribution is 0.113. The van der Waals surface area contributed by atoms with Gasteiger partial charge in [0.25, 0.3) is 0 Å². The Bertz CT molecular complexity index is 427. The molecule has 2 rings (SSSR count). The molecule has 0 radical (unpaired) electrons. The van der Waals surface area contributed by atoms with Crippen LogP contribution in [0, 0.1) is 5.92 Å². The van der Waals surface area contributed by atoms with Gasteiger partial charge in [-0.05, 0) is 49.3 Å². The molecule has 1 aliphatic carbocycles. The van der Waals surface area contributed by atoms with Crippen molar-refractivity contribution in [2.24, 2.45) is 5.92 Å². The largest absolute Gasteiger partial charge is 0.496 e. The number of rotatable bonds is 10. The van der Waals surface area contributed by atoms with E-state index < -0.39 is 0 Å². The third-order valence-corrected chi connectivity index (χ3v) is 3.84. The van der Waals surface area contributed by atoms with Gasteiger partial charge in [-0.1, -0.05) is 19.9 Å². The summed E-state index contributed by atoms with van der Waals surface area (Å²) >= 11 is 0. The SMILES string of the molecule is COc1ccc(CNC2CC2)cc1COCCCC(C)C. The van der Waals surface area contributed by atoms with Gasteiger partial charge in [0.15, 0.2) is 0 Å². The lowest BCUT2D eigenvalue weighted by Crippen LogP contribution is -2.15. The van der Waals surface area contributed by atoms with E-state index in [1.807, 2.05) is 0 Å². The fraction of sp³-hybridized carbons (Fsp3) is 0.667. The fourth-order valence-electron chi connectivity index (χ4n) is 2.38. The summed E-state index contributed by atoms with van der Waals surface area (Å²) in [4.78, 5) is 0. The Morgan fingerprint density at radius 3 is 2.76 bits per heavy atom. The van der Waals surface area contributed by atoms with E-state index in [2.05, 4.69) is 37.4 Å². The van der Waals surface area contributed by atoms with Crippen molar-refractivity contribution in [3.05, 3.63) is 29.3 Å². The summed E-state index contributed by atoms with van der Waals surface area (Å²) in [5, 5.41) is 3.54. The maximum atomic E-state index is 5.81. The van der Waals surface area contributed by atoms with Crippen LogP contribution in [-0.4, -0.2) is 19.8 Å². The summed E-state index contributed by atoms with van der Waals surface area (Å²) < 4.78 is 11.2. The second-order valence-corrected chi connectivity index (χ2v) is 6.39. The van der Waals surface area contributed by atoms with Crippen LogP contribution in [0.1, 0.15) is 50.7 Å². The molecule has 1 fully saturated rings. The van der Waals surface area contributed by atoms with Gasteiger partial charge in [0.1, 0.15) is 5.75 Å². The van der Waals surface area contributed by atoms with Crippen LogP contribution < -0.4 is 10.1 Å². The highest BCUT2D eigenvalue weighted by Gasteiger charge is 2.20. The first-order chi connectivity index (χ1) is 10.2. The van der Waals surface area contributed by atoms with E-state index in [1.165, 1.54) is 24.8 Å². The second kappa shape index (κ2) is 8.40. The highest BCUT2D eigenvalue weighted by Crippen LogP contribution is 2.23. The third kappa shape index (κ3) is 6.06. The molecule has 1 aromatic rings. The van der Waals surface area contributed by atoms with E-state index in [4.69, 9.17) is 9.47 Å². The molecule has 0 amide bonds. The van der Waals surface area contributed by atoms with Crippen LogP contribution >= 0.6 is 0 Å². The first-order valence-electron chi connectivity index (χ1n) is 8.16. The molecule has 3 nitrogen and oxygen atoms in total. The molecule has 1 saturated carbocycles. The van der Waals surface area contributed by atoms with Gasteiger partial charge in [0.2, 0.25) is 0 Å². The van der Waals surface area contributed by atoms with E-state index in [9.17, 15) is 0 Å². The van der Waals surface area contributed by atoms with Gasteiger partial charge in [-0.3, -0.25) is 0 Å². The summed E-state index contributed by atoms with van der Waals surface area (Å²) in [7, 11) is 1.72. The van der Waals surface area contributed by atoms with Crippen molar-refractivity contribution >= 4 is 0 Å². The van der Waals surface area contributed by atoms with E-state index in [0.29, 0.717) is 6.61 Å². The summed E-state index contributed by atoms with van der Waals surface area (Å²) in [6.07, 6.45) is 5.00. The number of hydrogen-bond acceptors (Lipinski definition) is 3. The predicted molar refractivity (Wildman–Crippen MR) is 86.6 cm³/mol. The first kappa shape index (κ1) is 16.3. The molecular weight excluding hydrogens is 262 g/mol. The molecule has 0 aliphatic heterocycles. The van der Waals surface area contributed by atoms with Crippen molar-refractivity contribution in [2.75, 3.05) is 13.7 Å². The average Bonchev–Trinajstić information content (AvgIpc) is 3.29. The third-order valence-electron chi connectivity index (χ3n) is 3.84. The molecule has 0 unspecified atom stereocenters. The van der Waals surface area contributed by atoms with Crippen molar-refractivity contribution < 1.29 is 9.47 Å². The zero-order valence-electron chi connectivity index (χ0n) is 13.7. The van der Waals surface area contributed by atoms with E-state index in [1.54, 1.807) is 7.11 Å². The Hall–Kier alpha value is -1.06. The fourth-order valence-corrected chi connectivity index (χ4v) is 2.38. The van der Waals surface area contributed by atoms with Crippen LogP contribution in [0.25, 0.3) is 0 Å². The minimum atomic E-state index is 0.637. The predicted octanol–water partition coefficient (Wildman–Crippen LogP) is 3.90. The minimum Gasteiger partial charge on any atom is -0.496 e. The Labute approximate surface area is 129 Å². The molecule has 1 aromatic carbocycles. The van der Waals surface area contributed by atoms with Crippen molar-refractivity contribution in [2.45, 2.75) is 58.7 Å². The van der Waals surface area contributed by atoms with Crippen LogP contribution in [0.5, 0.6) is 5.75 Å². The molecule has 0 aromatic heterocycles. The molecule has 0 atom stereocenters. The maximum Gasteiger partial charge on any atom is 0.124 e. The lowest BCUT2D eigenvalue weighted by atomic mass is 10.1. The number of ether oxygens (including phenoxy) is 2. The zero-order chi connectivity index (χ0) is 15.1. The zero-order valence-corrected chi connectivity index (χ0v) is 13.7. The molecule has 21 heavy (non-hydrogen) atoms. The summed E-state index contributed by atoms with van der Waals surface area (Å²) in [5.41, 5.74) is 2.46. The minimum absolute atomic E-state index is 0.637. The Morgan fingerprint density at radius 1 is 1.29 bits per heavy atom. The molecule has 118 valence electrons. The number of benzene rings is 1. The molecule has 1 N–H and O–H groups in total. The molecule has 0 heterocycles. The van der Waals surface area contributed by atoms with Gasteiger partial charge in [-0.25, -0.2) is 0 Å². The second-order valence-electron chi connectivity index (χ2n) is 6.39. The van der Waals surface area contributed by atoms with Gasteiger partial charge >= 0.3 is 0 Å². The van der Waals surface area contributed by atoms with E-state index in [0.717, 1.165) is 42.8 Å². The molecule has 1 aliphatic rings. The van der Waals surface area contributed by atoms with Gasteiger partial charge in [-0.2, -0.15) is 0 Å². The highest BCUT2D eigenvalue weighted by molar-refractivity contribution is 5.37. The maximum absolute atomic E-state index is 5.81. The number of nitrogens with one attached hydrogen (secondary N) is 1.